The minimum absolute atomic E-state index is 0.929. The third-order valence-corrected chi connectivity index (χ3v) is 3.10. The smallest absolute Gasteiger partial charge is 0.0445 e. The normalized spacial score (nSPS) is 11.8. The van der Waals surface area contributed by atoms with Gasteiger partial charge in [0.2, 0.25) is 0 Å². The number of hydrazine groups is 1. The summed E-state index contributed by atoms with van der Waals surface area (Å²) in [6.07, 6.45) is 12.8. The summed E-state index contributed by atoms with van der Waals surface area (Å²) in [5.41, 5.74) is 6.68. The summed E-state index contributed by atoms with van der Waals surface area (Å²) in [6, 6.07) is 0. The van der Waals surface area contributed by atoms with E-state index < -0.39 is 0 Å². The van der Waals surface area contributed by atoms with Crippen LogP contribution < -0.4 is 11.6 Å². The molecule has 0 saturated carbocycles. The number of hydrogen-bond acceptors (Lipinski definition) is 3. The van der Waals surface area contributed by atoms with Crippen molar-refractivity contribution in [2.45, 2.75) is 71.6 Å². The van der Waals surface area contributed by atoms with Gasteiger partial charge < -0.3 is 10.7 Å². The van der Waals surface area contributed by atoms with Gasteiger partial charge in [0.25, 0.3) is 0 Å². The number of unbranched alkanes of at least 4 members (excludes halogenated alkanes) is 6. The first-order valence-electron chi connectivity index (χ1n) is 7.19. The van der Waals surface area contributed by atoms with Crippen molar-refractivity contribution < 1.29 is 0 Å². The van der Waals surface area contributed by atoms with Crippen molar-refractivity contribution >= 4 is 0 Å². The Morgan fingerprint density at radius 3 is 2.12 bits per heavy atom. The molecule has 0 aliphatic carbocycles. The standard InChI is InChI=1S/C14H31N3/c1-3-5-7-8-9-10-12-17(16)14(13-15)11-6-4-2/h13H,3-12,15-16H2,1-2H3/b14-13-. The Bertz CT molecular complexity index is 190. The quantitative estimate of drug-likeness (QED) is 0.330. The molecule has 0 amide bonds. The Hall–Kier alpha value is -0.700. The van der Waals surface area contributed by atoms with Gasteiger partial charge in [-0.25, -0.2) is 5.84 Å². The van der Waals surface area contributed by atoms with Crippen molar-refractivity contribution in [3.05, 3.63) is 11.9 Å². The Labute approximate surface area is 107 Å². The maximum atomic E-state index is 6.00. The summed E-state index contributed by atoms with van der Waals surface area (Å²) >= 11 is 0. The first kappa shape index (κ1) is 16.3. The van der Waals surface area contributed by atoms with E-state index in [1.807, 2.05) is 5.01 Å². The van der Waals surface area contributed by atoms with Crippen molar-refractivity contribution in [2.24, 2.45) is 11.6 Å². The van der Waals surface area contributed by atoms with Crippen molar-refractivity contribution in [1.82, 2.24) is 5.01 Å². The molecule has 0 unspecified atom stereocenters. The summed E-state index contributed by atoms with van der Waals surface area (Å²) in [5, 5.41) is 1.83. The van der Waals surface area contributed by atoms with Crippen molar-refractivity contribution in [3.63, 3.8) is 0 Å². The predicted octanol–water partition coefficient (Wildman–Crippen LogP) is 3.51. The van der Waals surface area contributed by atoms with E-state index in [1.165, 1.54) is 44.9 Å². The molecule has 0 heterocycles. The van der Waals surface area contributed by atoms with Crippen LogP contribution in [0.3, 0.4) is 0 Å². The third kappa shape index (κ3) is 9.04. The van der Waals surface area contributed by atoms with Gasteiger partial charge in [-0.2, -0.15) is 0 Å². The van der Waals surface area contributed by atoms with Crippen molar-refractivity contribution in [3.8, 4) is 0 Å². The van der Waals surface area contributed by atoms with Crippen LogP contribution in [0, 0.1) is 0 Å². The fourth-order valence-electron chi connectivity index (χ4n) is 1.89. The van der Waals surface area contributed by atoms with Crippen LogP contribution in [0.1, 0.15) is 71.6 Å². The van der Waals surface area contributed by atoms with Crippen LogP contribution in [0.2, 0.25) is 0 Å². The first-order chi connectivity index (χ1) is 8.26. The van der Waals surface area contributed by atoms with Crippen LogP contribution >= 0.6 is 0 Å². The number of hydrogen-bond donors (Lipinski definition) is 2. The second-order valence-corrected chi connectivity index (χ2v) is 4.72. The van der Waals surface area contributed by atoms with E-state index >= 15 is 0 Å². The number of nitrogens with two attached hydrogens (primary N) is 2. The Morgan fingerprint density at radius 1 is 0.941 bits per heavy atom. The van der Waals surface area contributed by atoms with Gasteiger partial charge in [0.1, 0.15) is 0 Å². The summed E-state index contributed by atoms with van der Waals surface area (Å²) in [6.45, 7) is 5.36. The molecule has 0 rings (SSSR count). The van der Waals surface area contributed by atoms with Crippen LogP contribution in [0.4, 0.5) is 0 Å². The van der Waals surface area contributed by atoms with E-state index in [1.54, 1.807) is 6.20 Å². The molecule has 0 fully saturated rings. The SMILES string of the molecule is CCCCCCCCN(N)/C(=C\N)CCCC. The molecule has 0 aliphatic heterocycles. The number of allylic oxidation sites excluding steroid dienone is 1. The lowest BCUT2D eigenvalue weighted by Crippen LogP contribution is -2.31. The molecule has 0 spiro atoms. The maximum absolute atomic E-state index is 6.00. The molecule has 0 saturated heterocycles. The number of rotatable bonds is 11. The topological polar surface area (TPSA) is 55.3 Å². The van der Waals surface area contributed by atoms with E-state index in [9.17, 15) is 0 Å². The fourth-order valence-corrected chi connectivity index (χ4v) is 1.89. The monoisotopic (exact) mass is 241 g/mol. The van der Waals surface area contributed by atoms with Gasteiger partial charge in [-0.3, -0.25) is 0 Å². The summed E-state index contributed by atoms with van der Waals surface area (Å²) < 4.78 is 0. The van der Waals surface area contributed by atoms with Gasteiger partial charge in [0.15, 0.2) is 0 Å². The van der Waals surface area contributed by atoms with Crippen molar-refractivity contribution in [2.75, 3.05) is 6.54 Å². The molecule has 3 heteroatoms. The van der Waals surface area contributed by atoms with Crippen LogP contribution in [-0.4, -0.2) is 11.6 Å². The average molecular weight is 241 g/mol. The van der Waals surface area contributed by atoms with Gasteiger partial charge in [0, 0.05) is 18.4 Å². The highest BCUT2D eigenvalue weighted by molar-refractivity contribution is 4.96. The summed E-state index contributed by atoms with van der Waals surface area (Å²) in [4.78, 5) is 0. The molecule has 0 aromatic heterocycles. The molecule has 17 heavy (non-hydrogen) atoms. The van der Waals surface area contributed by atoms with Crippen LogP contribution in [0.25, 0.3) is 0 Å². The second-order valence-electron chi connectivity index (χ2n) is 4.72. The lowest BCUT2D eigenvalue weighted by atomic mass is 10.1. The van der Waals surface area contributed by atoms with Crippen molar-refractivity contribution in [1.29, 1.82) is 0 Å². The molecule has 3 nitrogen and oxygen atoms in total. The van der Waals surface area contributed by atoms with Crippen LogP contribution in [-0.2, 0) is 0 Å². The Balaban J connectivity index is 3.58. The van der Waals surface area contributed by atoms with E-state index in [4.69, 9.17) is 11.6 Å². The van der Waals surface area contributed by atoms with Gasteiger partial charge in [0.05, 0.1) is 0 Å². The molecule has 0 atom stereocenters. The highest BCUT2D eigenvalue weighted by Crippen LogP contribution is 2.11. The molecular weight excluding hydrogens is 210 g/mol. The zero-order chi connectivity index (χ0) is 12.9. The highest BCUT2D eigenvalue weighted by atomic mass is 15.4. The van der Waals surface area contributed by atoms with Crippen LogP contribution in [0.15, 0.2) is 11.9 Å². The minimum Gasteiger partial charge on any atom is -0.403 e. The zero-order valence-electron chi connectivity index (χ0n) is 11.8. The Kier molecular flexibility index (Phi) is 11.3. The molecule has 0 aromatic carbocycles. The Morgan fingerprint density at radius 2 is 1.53 bits per heavy atom. The summed E-state index contributed by atoms with van der Waals surface area (Å²) in [5.74, 6) is 6.00. The first-order valence-corrected chi connectivity index (χ1v) is 7.19. The molecule has 0 aromatic rings. The largest absolute Gasteiger partial charge is 0.403 e. The number of nitrogens with zero attached hydrogens (tertiary/aromatic N) is 1. The van der Waals surface area contributed by atoms with Gasteiger partial charge in [-0.1, -0.05) is 52.4 Å². The van der Waals surface area contributed by atoms with Gasteiger partial charge >= 0.3 is 0 Å². The lowest BCUT2D eigenvalue weighted by molar-refractivity contribution is 0.330. The second kappa shape index (κ2) is 11.8. The predicted molar refractivity (Wildman–Crippen MR) is 76.1 cm³/mol. The van der Waals surface area contributed by atoms with Gasteiger partial charge in [-0.15, -0.1) is 0 Å². The van der Waals surface area contributed by atoms with Crippen LogP contribution in [0.5, 0.6) is 0 Å². The molecule has 102 valence electrons. The average Bonchev–Trinajstić information content (AvgIpc) is 2.34. The maximum Gasteiger partial charge on any atom is 0.0445 e. The molecular formula is C14H31N3. The highest BCUT2D eigenvalue weighted by Gasteiger charge is 2.03. The molecule has 4 N–H and O–H groups in total. The van der Waals surface area contributed by atoms with Gasteiger partial charge in [-0.05, 0) is 19.3 Å². The zero-order valence-corrected chi connectivity index (χ0v) is 11.8. The summed E-state index contributed by atoms with van der Waals surface area (Å²) in [7, 11) is 0. The minimum atomic E-state index is 0.929. The van der Waals surface area contributed by atoms with E-state index in [0.29, 0.717) is 0 Å². The molecule has 0 radical (unpaired) electrons. The third-order valence-electron chi connectivity index (χ3n) is 3.10. The molecule has 0 bridgehead atoms. The fraction of sp³-hybridized carbons (Fsp3) is 0.857. The van der Waals surface area contributed by atoms with E-state index in [0.717, 1.165) is 25.1 Å². The van der Waals surface area contributed by atoms with E-state index in [2.05, 4.69) is 13.8 Å². The molecule has 0 aliphatic rings. The van der Waals surface area contributed by atoms with E-state index in [-0.39, 0.29) is 0 Å². The lowest BCUT2D eigenvalue weighted by Gasteiger charge is -2.21.